The SMILES string of the molecule is Cc1ccc(C(=O)Nc2ccccc2C(=O)O)cc1NC1=C(Cl)C(=O)N(C2CCCCC2)C1=O. The Hall–Kier alpha value is -3.65. The molecule has 2 aromatic rings. The van der Waals surface area contributed by atoms with Gasteiger partial charge in [0.25, 0.3) is 17.7 Å². The largest absolute Gasteiger partial charge is 0.478 e. The number of anilines is 2. The van der Waals surface area contributed by atoms with E-state index in [-0.39, 0.29) is 33.6 Å². The number of imide groups is 1. The van der Waals surface area contributed by atoms with Crippen LogP contribution in [0.2, 0.25) is 0 Å². The number of amides is 3. The Morgan fingerprint density at radius 1 is 1.00 bits per heavy atom. The summed E-state index contributed by atoms with van der Waals surface area (Å²) >= 11 is 6.27. The Morgan fingerprint density at radius 3 is 2.41 bits per heavy atom. The highest BCUT2D eigenvalue weighted by molar-refractivity contribution is 6.48. The molecule has 9 heteroatoms. The summed E-state index contributed by atoms with van der Waals surface area (Å²) in [5.74, 6) is -2.64. The Bertz CT molecular complexity index is 1220. The van der Waals surface area contributed by atoms with Gasteiger partial charge in [0.2, 0.25) is 0 Å². The normalized spacial score (nSPS) is 16.7. The average Bonchev–Trinajstić information content (AvgIpc) is 3.04. The smallest absolute Gasteiger partial charge is 0.337 e. The molecular formula is C25H24ClN3O5. The number of halogens is 1. The molecule has 1 heterocycles. The first-order valence-electron chi connectivity index (χ1n) is 11.1. The summed E-state index contributed by atoms with van der Waals surface area (Å²) in [5, 5.41) is 14.7. The van der Waals surface area contributed by atoms with E-state index in [0.717, 1.165) is 37.7 Å². The number of nitrogens with one attached hydrogen (secondary N) is 2. The summed E-state index contributed by atoms with van der Waals surface area (Å²) in [6.07, 6.45) is 4.54. The van der Waals surface area contributed by atoms with Crippen molar-refractivity contribution in [3.8, 4) is 0 Å². The maximum Gasteiger partial charge on any atom is 0.337 e. The molecule has 1 aliphatic carbocycles. The summed E-state index contributed by atoms with van der Waals surface area (Å²) < 4.78 is 0. The fourth-order valence-corrected chi connectivity index (χ4v) is 4.52. The summed E-state index contributed by atoms with van der Waals surface area (Å²) in [4.78, 5) is 51.3. The highest BCUT2D eigenvalue weighted by atomic mass is 35.5. The van der Waals surface area contributed by atoms with Gasteiger partial charge in [0.05, 0.1) is 11.3 Å². The van der Waals surface area contributed by atoms with Gasteiger partial charge in [0.15, 0.2) is 0 Å². The van der Waals surface area contributed by atoms with E-state index < -0.39 is 23.7 Å². The van der Waals surface area contributed by atoms with Gasteiger partial charge in [0.1, 0.15) is 10.7 Å². The van der Waals surface area contributed by atoms with Gasteiger partial charge in [-0.3, -0.25) is 19.3 Å². The molecule has 1 saturated carbocycles. The standard InChI is InChI=1S/C25H24ClN3O5/c1-14-11-12-15(22(30)28-18-10-6-5-9-17(18)25(33)34)13-19(14)27-21-20(26)23(31)29(24(21)32)16-7-3-2-4-8-16/h5-6,9-13,16,27H,2-4,7-8H2,1H3,(H,28,30)(H,33,34). The van der Waals surface area contributed by atoms with E-state index in [4.69, 9.17) is 11.6 Å². The molecule has 1 aliphatic heterocycles. The maximum atomic E-state index is 13.1. The highest BCUT2D eigenvalue weighted by Gasteiger charge is 2.42. The highest BCUT2D eigenvalue weighted by Crippen LogP contribution is 2.33. The van der Waals surface area contributed by atoms with Crippen molar-refractivity contribution in [2.24, 2.45) is 0 Å². The van der Waals surface area contributed by atoms with Gasteiger partial charge in [-0.15, -0.1) is 0 Å². The quantitative estimate of drug-likeness (QED) is 0.523. The molecule has 2 aliphatic rings. The van der Waals surface area contributed by atoms with Gasteiger partial charge in [0, 0.05) is 17.3 Å². The monoisotopic (exact) mass is 481 g/mol. The van der Waals surface area contributed by atoms with Crippen LogP contribution in [0.25, 0.3) is 0 Å². The Morgan fingerprint density at radius 2 is 1.71 bits per heavy atom. The minimum atomic E-state index is -1.16. The zero-order chi connectivity index (χ0) is 24.4. The number of benzene rings is 2. The third-order valence-corrected chi connectivity index (χ3v) is 6.51. The van der Waals surface area contributed by atoms with Gasteiger partial charge < -0.3 is 15.7 Å². The van der Waals surface area contributed by atoms with Crippen LogP contribution >= 0.6 is 11.6 Å². The number of para-hydroxylation sites is 1. The molecule has 0 atom stereocenters. The van der Waals surface area contributed by atoms with Crippen LogP contribution in [-0.2, 0) is 9.59 Å². The van der Waals surface area contributed by atoms with Crippen LogP contribution in [0.15, 0.2) is 53.2 Å². The number of hydrogen-bond donors (Lipinski definition) is 3. The second-order valence-electron chi connectivity index (χ2n) is 8.42. The molecule has 0 saturated heterocycles. The predicted octanol–water partition coefficient (Wildman–Crippen LogP) is 4.51. The molecule has 3 amide bonds. The molecule has 4 rings (SSSR count). The van der Waals surface area contributed by atoms with Crippen molar-refractivity contribution >= 4 is 46.7 Å². The number of carboxylic acid groups (broad SMARTS) is 1. The molecule has 0 radical (unpaired) electrons. The molecular weight excluding hydrogens is 458 g/mol. The van der Waals surface area contributed by atoms with Crippen molar-refractivity contribution in [1.82, 2.24) is 4.90 Å². The van der Waals surface area contributed by atoms with Gasteiger partial charge in [-0.25, -0.2) is 4.79 Å². The molecule has 0 aromatic heterocycles. The average molecular weight is 482 g/mol. The second kappa shape index (κ2) is 9.69. The van der Waals surface area contributed by atoms with E-state index in [1.54, 1.807) is 31.2 Å². The van der Waals surface area contributed by atoms with Crippen LogP contribution in [0, 0.1) is 6.92 Å². The van der Waals surface area contributed by atoms with Crippen molar-refractivity contribution in [1.29, 1.82) is 0 Å². The lowest BCUT2D eigenvalue weighted by atomic mass is 9.94. The molecule has 8 nitrogen and oxygen atoms in total. The number of aryl methyl sites for hydroxylation is 1. The number of rotatable bonds is 6. The first-order chi connectivity index (χ1) is 16.3. The van der Waals surface area contributed by atoms with Crippen molar-refractivity contribution in [2.45, 2.75) is 45.1 Å². The molecule has 176 valence electrons. The topological polar surface area (TPSA) is 116 Å². The molecule has 0 unspecified atom stereocenters. The van der Waals surface area contributed by atoms with E-state index >= 15 is 0 Å². The van der Waals surface area contributed by atoms with Crippen LogP contribution in [0.3, 0.4) is 0 Å². The minimum absolute atomic E-state index is 0.00544. The predicted molar refractivity (Wildman–Crippen MR) is 128 cm³/mol. The van der Waals surface area contributed by atoms with E-state index in [0.29, 0.717) is 5.69 Å². The van der Waals surface area contributed by atoms with Crippen LogP contribution in [0.1, 0.15) is 58.4 Å². The Balaban J connectivity index is 1.56. The lowest BCUT2D eigenvalue weighted by Gasteiger charge is -2.29. The van der Waals surface area contributed by atoms with Gasteiger partial charge in [-0.05, 0) is 49.6 Å². The van der Waals surface area contributed by atoms with Gasteiger partial charge in [-0.1, -0.05) is 49.1 Å². The van der Waals surface area contributed by atoms with Gasteiger partial charge >= 0.3 is 5.97 Å². The van der Waals surface area contributed by atoms with Crippen molar-refractivity contribution in [2.75, 3.05) is 10.6 Å². The molecule has 0 bridgehead atoms. The summed E-state index contributed by atoms with van der Waals surface area (Å²) in [7, 11) is 0. The summed E-state index contributed by atoms with van der Waals surface area (Å²) in [5.41, 5.74) is 1.55. The molecule has 0 spiro atoms. The number of aromatic carboxylic acids is 1. The number of carboxylic acids is 1. The Kier molecular flexibility index (Phi) is 6.70. The number of nitrogens with zero attached hydrogens (tertiary/aromatic N) is 1. The fourth-order valence-electron chi connectivity index (χ4n) is 4.30. The van der Waals surface area contributed by atoms with E-state index in [2.05, 4.69) is 10.6 Å². The number of carbonyl (C=O) groups excluding carboxylic acids is 3. The van der Waals surface area contributed by atoms with Crippen LogP contribution in [0.4, 0.5) is 11.4 Å². The number of hydrogen-bond acceptors (Lipinski definition) is 5. The van der Waals surface area contributed by atoms with E-state index in [9.17, 15) is 24.3 Å². The summed E-state index contributed by atoms with van der Waals surface area (Å²) in [6.45, 7) is 1.79. The van der Waals surface area contributed by atoms with Crippen molar-refractivity contribution in [3.05, 3.63) is 69.9 Å². The van der Waals surface area contributed by atoms with Crippen LogP contribution in [-0.4, -0.2) is 39.7 Å². The molecule has 34 heavy (non-hydrogen) atoms. The van der Waals surface area contributed by atoms with Gasteiger partial charge in [-0.2, -0.15) is 0 Å². The molecule has 3 N–H and O–H groups in total. The fraction of sp³-hybridized carbons (Fsp3) is 0.280. The summed E-state index contributed by atoms with van der Waals surface area (Å²) in [6, 6.07) is 10.7. The van der Waals surface area contributed by atoms with Crippen molar-refractivity contribution < 1.29 is 24.3 Å². The Labute approximate surface area is 201 Å². The minimum Gasteiger partial charge on any atom is -0.478 e. The third-order valence-electron chi connectivity index (χ3n) is 6.16. The third kappa shape index (κ3) is 4.54. The van der Waals surface area contributed by atoms with Crippen LogP contribution in [0.5, 0.6) is 0 Å². The van der Waals surface area contributed by atoms with E-state index in [1.165, 1.54) is 23.1 Å². The lowest BCUT2D eigenvalue weighted by Crippen LogP contribution is -2.42. The molecule has 2 aromatic carbocycles. The maximum absolute atomic E-state index is 13.1. The van der Waals surface area contributed by atoms with E-state index in [1.807, 2.05) is 0 Å². The molecule has 1 fully saturated rings. The second-order valence-corrected chi connectivity index (χ2v) is 8.80. The van der Waals surface area contributed by atoms with Crippen LogP contribution < -0.4 is 10.6 Å². The number of carbonyl (C=O) groups is 4. The first-order valence-corrected chi connectivity index (χ1v) is 11.4. The first kappa shape index (κ1) is 23.5. The zero-order valence-electron chi connectivity index (χ0n) is 18.6. The lowest BCUT2D eigenvalue weighted by molar-refractivity contribution is -0.140. The van der Waals surface area contributed by atoms with Crippen molar-refractivity contribution in [3.63, 3.8) is 0 Å². The zero-order valence-corrected chi connectivity index (χ0v) is 19.3.